The quantitative estimate of drug-likeness (QED) is 0.739. The van der Waals surface area contributed by atoms with Gasteiger partial charge < -0.3 is 5.73 Å². The van der Waals surface area contributed by atoms with E-state index in [1.54, 1.807) is 18.5 Å². The molecule has 0 aliphatic heterocycles. The van der Waals surface area contributed by atoms with Crippen LogP contribution >= 0.6 is 0 Å². The van der Waals surface area contributed by atoms with Crippen molar-refractivity contribution in [1.29, 1.82) is 0 Å². The molecule has 0 bridgehead atoms. The summed E-state index contributed by atoms with van der Waals surface area (Å²) in [5.74, 6) is 0.529. The first-order valence-corrected chi connectivity index (χ1v) is 4.40. The van der Waals surface area contributed by atoms with Crippen molar-refractivity contribution < 1.29 is 0 Å². The van der Waals surface area contributed by atoms with Gasteiger partial charge in [0, 0.05) is 18.0 Å². The fourth-order valence-electron chi connectivity index (χ4n) is 1.25. The number of aromatic nitrogens is 2. The molecule has 0 radical (unpaired) electrons. The van der Waals surface area contributed by atoms with Gasteiger partial charge in [-0.05, 0) is 36.8 Å². The fraction of sp³-hybridized carbons (Fsp3) is 0.0909. The van der Waals surface area contributed by atoms with E-state index in [0.717, 1.165) is 11.3 Å². The van der Waals surface area contributed by atoms with Crippen LogP contribution in [0.25, 0.3) is 11.3 Å². The summed E-state index contributed by atoms with van der Waals surface area (Å²) in [6.45, 7) is 2.04. The lowest BCUT2D eigenvalue weighted by molar-refractivity contribution is 1.26. The van der Waals surface area contributed by atoms with Gasteiger partial charge in [-0.3, -0.25) is 4.98 Å². The SMILES string of the molecule is Cc1ccnc(-c2ccc(N)nc2)c1. The number of nitrogens with zero attached hydrogens (tertiary/aromatic N) is 2. The number of nitrogens with two attached hydrogens (primary N) is 1. The van der Waals surface area contributed by atoms with Crippen LogP contribution in [-0.2, 0) is 0 Å². The molecule has 2 aromatic rings. The van der Waals surface area contributed by atoms with E-state index in [4.69, 9.17) is 5.73 Å². The van der Waals surface area contributed by atoms with Crippen molar-refractivity contribution in [3.05, 3.63) is 42.2 Å². The van der Waals surface area contributed by atoms with Gasteiger partial charge in [0.25, 0.3) is 0 Å². The summed E-state index contributed by atoms with van der Waals surface area (Å²) < 4.78 is 0. The minimum atomic E-state index is 0.529. The number of hydrogen-bond donors (Lipinski definition) is 1. The van der Waals surface area contributed by atoms with E-state index >= 15 is 0 Å². The van der Waals surface area contributed by atoms with Crippen molar-refractivity contribution in [2.75, 3.05) is 5.73 Å². The van der Waals surface area contributed by atoms with E-state index in [-0.39, 0.29) is 0 Å². The van der Waals surface area contributed by atoms with E-state index in [0.29, 0.717) is 5.82 Å². The molecule has 3 heteroatoms. The van der Waals surface area contributed by atoms with Gasteiger partial charge in [-0.1, -0.05) is 0 Å². The standard InChI is InChI=1S/C11H11N3/c1-8-4-5-13-10(6-8)9-2-3-11(12)14-7-9/h2-7H,1H3,(H2,12,14). The van der Waals surface area contributed by atoms with Gasteiger partial charge in [0.15, 0.2) is 0 Å². The second-order valence-corrected chi connectivity index (χ2v) is 3.19. The number of aryl methyl sites for hydroxylation is 1. The monoisotopic (exact) mass is 185 g/mol. The highest BCUT2D eigenvalue weighted by molar-refractivity contribution is 5.59. The van der Waals surface area contributed by atoms with Gasteiger partial charge in [-0.15, -0.1) is 0 Å². The summed E-state index contributed by atoms with van der Waals surface area (Å²) in [7, 11) is 0. The second kappa shape index (κ2) is 3.46. The van der Waals surface area contributed by atoms with Crippen LogP contribution in [0.1, 0.15) is 5.56 Å². The molecule has 2 N–H and O–H groups in total. The highest BCUT2D eigenvalue weighted by Crippen LogP contribution is 2.16. The highest BCUT2D eigenvalue weighted by atomic mass is 14.8. The molecule has 0 saturated carbocycles. The predicted octanol–water partition coefficient (Wildman–Crippen LogP) is 2.03. The largest absolute Gasteiger partial charge is 0.384 e. The van der Waals surface area contributed by atoms with E-state index in [9.17, 15) is 0 Å². The maximum Gasteiger partial charge on any atom is 0.123 e. The van der Waals surface area contributed by atoms with Crippen molar-refractivity contribution in [3.8, 4) is 11.3 Å². The first-order chi connectivity index (χ1) is 6.75. The zero-order valence-electron chi connectivity index (χ0n) is 7.94. The van der Waals surface area contributed by atoms with Crippen LogP contribution in [0.2, 0.25) is 0 Å². The van der Waals surface area contributed by atoms with E-state index < -0.39 is 0 Å². The van der Waals surface area contributed by atoms with Gasteiger partial charge in [0.2, 0.25) is 0 Å². The van der Waals surface area contributed by atoms with Crippen LogP contribution in [0.3, 0.4) is 0 Å². The van der Waals surface area contributed by atoms with Crippen molar-refractivity contribution in [1.82, 2.24) is 9.97 Å². The van der Waals surface area contributed by atoms with Crippen LogP contribution in [-0.4, -0.2) is 9.97 Å². The average molecular weight is 185 g/mol. The first-order valence-electron chi connectivity index (χ1n) is 4.40. The number of anilines is 1. The molecule has 0 saturated heterocycles. The molecule has 70 valence electrons. The van der Waals surface area contributed by atoms with Crippen molar-refractivity contribution in [2.45, 2.75) is 6.92 Å². The molecule has 0 spiro atoms. The summed E-state index contributed by atoms with van der Waals surface area (Å²) in [5, 5.41) is 0. The van der Waals surface area contributed by atoms with Crippen LogP contribution in [0.5, 0.6) is 0 Å². The van der Waals surface area contributed by atoms with E-state index in [1.165, 1.54) is 5.56 Å². The Labute approximate surface area is 82.6 Å². The third-order valence-corrected chi connectivity index (χ3v) is 2.00. The van der Waals surface area contributed by atoms with Gasteiger partial charge in [0.1, 0.15) is 5.82 Å². The zero-order valence-corrected chi connectivity index (χ0v) is 7.94. The normalized spacial score (nSPS) is 10.1. The molecule has 0 aliphatic carbocycles. The molecule has 2 rings (SSSR count). The summed E-state index contributed by atoms with van der Waals surface area (Å²) in [5.41, 5.74) is 8.61. The van der Waals surface area contributed by atoms with Gasteiger partial charge in [-0.25, -0.2) is 4.98 Å². The Morgan fingerprint density at radius 3 is 2.64 bits per heavy atom. The molecular formula is C11H11N3. The second-order valence-electron chi connectivity index (χ2n) is 3.19. The van der Waals surface area contributed by atoms with Crippen molar-refractivity contribution in [3.63, 3.8) is 0 Å². The minimum Gasteiger partial charge on any atom is -0.384 e. The first kappa shape index (κ1) is 8.69. The average Bonchev–Trinajstić information content (AvgIpc) is 2.19. The lowest BCUT2D eigenvalue weighted by Gasteiger charge is -2.01. The summed E-state index contributed by atoms with van der Waals surface area (Å²) in [4.78, 5) is 8.28. The fourth-order valence-corrected chi connectivity index (χ4v) is 1.25. The van der Waals surface area contributed by atoms with Crippen LogP contribution in [0.4, 0.5) is 5.82 Å². The predicted molar refractivity (Wildman–Crippen MR) is 56.6 cm³/mol. The maximum absolute atomic E-state index is 5.50. The Morgan fingerprint density at radius 2 is 2.00 bits per heavy atom. The van der Waals surface area contributed by atoms with Crippen LogP contribution in [0.15, 0.2) is 36.7 Å². The molecule has 2 heterocycles. The van der Waals surface area contributed by atoms with Crippen molar-refractivity contribution >= 4 is 5.82 Å². The molecule has 0 amide bonds. The summed E-state index contributed by atoms with van der Waals surface area (Å²) in [6, 6.07) is 7.69. The molecule has 14 heavy (non-hydrogen) atoms. The molecule has 0 unspecified atom stereocenters. The molecule has 0 fully saturated rings. The number of rotatable bonds is 1. The maximum atomic E-state index is 5.50. The van der Waals surface area contributed by atoms with E-state index in [2.05, 4.69) is 9.97 Å². The Morgan fingerprint density at radius 1 is 1.14 bits per heavy atom. The van der Waals surface area contributed by atoms with Gasteiger partial charge in [0.05, 0.1) is 5.69 Å². The van der Waals surface area contributed by atoms with Crippen LogP contribution < -0.4 is 5.73 Å². The molecule has 3 nitrogen and oxygen atoms in total. The smallest absolute Gasteiger partial charge is 0.123 e. The molecule has 0 atom stereocenters. The molecule has 2 aromatic heterocycles. The molecule has 0 aromatic carbocycles. The molecule has 0 aliphatic rings. The summed E-state index contributed by atoms with van der Waals surface area (Å²) >= 11 is 0. The Hall–Kier alpha value is -1.90. The van der Waals surface area contributed by atoms with Gasteiger partial charge >= 0.3 is 0 Å². The number of pyridine rings is 2. The van der Waals surface area contributed by atoms with Crippen LogP contribution in [0, 0.1) is 6.92 Å². The third kappa shape index (κ3) is 1.71. The Kier molecular flexibility index (Phi) is 2.14. The van der Waals surface area contributed by atoms with E-state index in [1.807, 2.05) is 25.1 Å². The van der Waals surface area contributed by atoms with Crippen molar-refractivity contribution in [2.24, 2.45) is 0 Å². The third-order valence-electron chi connectivity index (χ3n) is 2.00. The number of nitrogen functional groups attached to an aromatic ring is 1. The molecular weight excluding hydrogens is 174 g/mol. The van der Waals surface area contributed by atoms with Gasteiger partial charge in [-0.2, -0.15) is 0 Å². The topological polar surface area (TPSA) is 51.8 Å². The lowest BCUT2D eigenvalue weighted by atomic mass is 10.1. The Bertz CT molecular complexity index is 435. The lowest BCUT2D eigenvalue weighted by Crippen LogP contribution is -1.90. The summed E-state index contributed by atoms with van der Waals surface area (Å²) in [6.07, 6.45) is 3.53. The Balaban J connectivity index is 2.44. The number of hydrogen-bond acceptors (Lipinski definition) is 3. The minimum absolute atomic E-state index is 0.529. The highest BCUT2D eigenvalue weighted by Gasteiger charge is 1.98. The zero-order chi connectivity index (χ0) is 9.97.